The molecule has 0 spiro atoms. The zero-order valence-electron chi connectivity index (χ0n) is 33.9. The van der Waals surface area contributed by atoms with Crippen molar-refractivity contribution in [1.82, 2.24) is 0 Å². The van der Waals surface area contributed by atoms with E-state index in [4.69, 9.17) is 9.47 Å². The Labute approximate surface area is 349 Å². The Morgan fingerprint density at radius 2 is 1.19 bits per heavy atom. The molecule has 0 heterocycles. The van der Waals surface area contributed by atoms with E-state index in [-0.39, 0.29) is 67.8 Å². The van der Waals surface area contributed by atoms with Crippen molar-refractivity contribution < 1.29 is 28.7 Å². The van der Waals surface area contributed by atoms with Crippen LogP contribution < -0.4 is 0 Å². The molecular formula is C53H54O6. The predicted molar refractivity (Wildman–Crippen MR) is 239 cm³/mol. The molecule has 0 aliphatic heterocycles. The van der Waals surface area contributed by atoms with E-state index in [1.807, 2.05) is 165 Å². The summed E-state index contributed by atoms with van der Waals surface area (Å²) in [7, 11) is 0. The minimum Gasteiger partial charge on any atom is -0.461 e. The van der Waals surface area contributed by atoms with Gasteiger partial charge in [0.15, 0.2) is 11.6 Å². The van der Waals surface area contributed by atoms with Gasteiger partial charge in [-0.3, -0.25) is 19.2 Å². The first kappa shape index (κ1) is 45.0. The highest BCUT2D eigenvalue weighted by Gasteiger charge is 2.23. The average molecular weight is 787 g/mol. The van der Waals surface area contributed by atoms with Crippen molar-refractivity contribution in [2.75, 3.05) is 13.2 Å². The lowest BCUT2D eigenvalue weighted by molar-refractivity contribution is -0.143. The fourth-order valence-corrected chi connectivity index (χ4v) is 6.37. The molecule has 6 heteroatoms. The maximum atomic E-state index is 12.8. The number of ether oxygens (including phenoxy) is 2. The summed E-state index contributed by atoms with van der Waals surface area (Å²) in [5.41, 5.74) is 6.38. The molecular weight excluding hydrogens is 733 g/mol. The fraction of sp³-hybridized carbons (Fsp3) is 0.208. The number of ketones is 2. The van der Waals surface area contributed by atoms with Crippen LogP contribution in [0.3, 0.4) is 0 Å². The van der Waals surface area contributed by atoms with Crippen molar-refractivity contribution in [2.24, 2.45) is 0 Å². The average Bonchev–Trinajstić information content (AvgIpc) is 3.27. The Bertz CT molecular complexity index is 2120. The smallest absolute Gasteiger partial charge is 0.306 e. The van der Waals surface area contributed by atoms with Gasteiger partial charge in [0.2, 0.25) is 0 Å². The number of hydrogen-bond acceptors (Lipinski definition) is 6. The van der Waals surface area contributed by atoms with Crippen LogP contribution >= 0.6 is 0 Å². The highest BCUT2D eigenvalue weighted by atomic mass is 16.5. The summed E-state index contributed by atoms with van der Waals surface area (Å²) in [5, 5.41) is 0. The molecule has 59 heavy (non-hydrogen) atoms. The van der Waals surface area contributed by atoms with E-state index in [1.54, 1.807) is 18.2 Å². The van der Waals surface area contributed by atoms with E-state index in [0.717, 1.165) is 46.2 Å². The van der Waals surface area contributed by atoms with Gasteiger partial charge in [0.25, 0.3) is 0 Å². The number of carbonyl (C=O) groups excluding carboxylic acids is 4. The quantitative estimate of drug-likeness (QED) is 0.0504. The Balaban J connectivity index is 0.000000261. The monoisotopic (exact) mass is 786 g/mol. The first-order valence-electron chi connectivity index (χ1n) is 20.0. The van der Waals surface area contributed by atoms with Crippen LogP contribution in [-0.2, 0) is 23.9 Å². The van der Waals surface area contributed by atoms with Gasteiger partial charge in [0, 0.05) is 35.8 Å². The lowest BCUT2D eigenvalue weighted by Gasteiger charge is -2.17. The number of benzene rings is 4. The Morgan fingerprint density at radius 1 is 0.644 bits per heavy atom. The van der Waals surface area contributed by atoms with E-state index in [1.165, 1.54) is 0 Å². The molecule has 302 valence electrons. The topological polar surface area (TPSA) is 86.7 Å². The van der Waals surface area contributed by atoms with Gasteiger partial charge >= 0.3 is 11.9 Å². The molecule has 2 atom stereocenters. The summed E-state index contributed by atoms with van der Waals surface area (Å²) in [6, 6.07) is 36.7. The van der Waals surface area contributed by atoms with Crippen molar-refractivity contribution in [2.45, 2.75) is 57.3 Å². The third kappa shape index (κ3) is 16.8. The van der Waals surface area contributed by atoms with E-state index < -0.39 is 0 Å². The molecule has 6 nitrogen and oxygen atoms in total. The second kappa shape index (κ2) is 25.6. The summed E-state index contributed by atoms with van der Waals surface area (Å²) in [6.45, 7) is 9.73. The first-order chi connectivity index (χ1) is 28.7. The van der Waals surface area contributed by atoms with Gasteiger partial charge in [0.05, 0.1) is 12.8 Å². The third-order valence-corrected chi connectivity index (χ3v) is 9.57. The second-order valence-corrected chi connectivity index (χ2v) is 14.1. The molecule has 4 aromatic rings. The lowest BCUT2D eigenvalue weighted by atomic mass is 9.88. The molecule has 0 aromatic heterocycles. The van der Waals surface area contributed by atoms with Gasteiger partial charge in [-0.2, -0.15) is 0 Å². The fourth-order valence-electron chi connectivity index (χ4n) is 6.37. The molecule has 1 aliphatic carbocycles. The van der Waals surface area contributed by atoms with Crippen LogP contribution in [0.2, 0.25) is 0 Å². The van der Waals surface area contributed by atoms with Gasteiger partial charge in [-0.25, -0.2) is 0 Å². The van der Waals surface area contributed by atoms with Gasteiger partial charge in [-0.05, 0) is 54.2 Å². The highest BCUT2D eigenvalue weighted by Crippen LogP contribution is 2.28. The molecule has 0 N–H and O–H groups in total. The largest absolute Gasteiger partial charge is 0.461 e. The van der Waals surface area contributed by atoms with E-state index in [2.05, 4.69) is 13.2 Å². The van der Waals surface area contributed by atoms with E-state index >= 15 is 0 Å². The Hall–Kier alpha value is -6.66. The number of hydrogen-bond donors (Lipinski definition) is 0. The maximum absolute atomic E-state index is 12.8. The number of esters is 2. The van der Waals surface area contributed by atoms with Crippen LogP contribution in [0, 0.1) is 6.92 Å². The highest BCUT2D eigenvalue weighted by molar-refractivity contribution is 5.99. The number of Topliss-reactive ketones (excluding diaryl/α,β-unsaturated/α-hetero) is 2. The number of aryl methyl sites for hydroxylation is 1. The number of rotatable bonds is 20. The SMILES string of the molecule is C=C/C=C(C=C)/C=C/COC(=O)CC(CC(=O)c1ccc(C)cc1)c1ccccc1.O=C(CC(CC(=O)C1=CCCC=C1)c1ccccc1)OC/C=C/c1ccccc1. The molecule has 1 aliphatic rings. The van der Waals surface area contributed by atoms with Crippen molar-refractivity contribution >= 4 is 29.6 Å². The summed E-state index contributed by atoms with van der Waals surface area (Å²) in [6.07, 6.45) is 21.1. The van der Waals surface area contributed by atoms with E-state index in [0.29, 0.717) is 12.0 Å². The van der Waals surface area contributed by atoms with Crippen molar-refractivity contribution in [3.05, 3.63) is 222 Å². The Kier molecular flexibility index (Phi) is 19.5. The van der Waals surface area contributed by atoms with Crippen LogP contribution in [0.1, 0.15) is 83.0 Å². The lowest BCUT2D eigenvalue weighted by Crippen LogP contribution is -2.15. The maximum Gasteiger partial charge on any atom is 0.306 e. The van der Waals surface area contributed by atoms with Gasteiger partial charge in [-0.15, -0.1) is 0 Å². The molecule has 0 fully saturated rings. The molecule has 0 bridgehead atoms. The summed E-state index contributed by atoms with van der Waals surface area (Å²) >= 11 is 0. The standard InChI is InChI=1S/C27H28O3.C26H26O3/c1-4-10-22(5-2)11-9-18-30-27(29)20-25(23-12-7-6-8-13-23)19-26(28)24-16-14-21(3)15-17-24;27-25(23-16-8-3-9-17-23)19-24(22-14-6-2-7-15-22)20-26(28)29-18-10-13-21-11-4-1-5-12-21/h4-17,25H,1-2,18-20H2,3H3;1-2,4-8,10-17,24H,3,9,18-20H2/b11-9+,22-10+;13-10+. The minimum absolute atomic E-state index is 0.0155. The molecule has 2 unspecified atom stereocenters. The van der Waals surface area contributed by atoms with Gasteiger partial charge < -0.3 is 9.47 Å². The van der Waals surface area contributed by atoms with Crippen molar-refractivity contribution in [3.8, 4) is 0 Å². The van der Waals surface area contributed by atoms with Crippen LogP contribution in [0.15, 0.2) is 194 Å². The van der Waals surface area contributed by atoms with Crippen molar-refractivity contribution in [3.63, 3.8) is 0 Å². The normalized spacial score (nSPS) is 13.4. The Morgan fingerprint density at radius 3 is 1.71 bits per heavy atom. The summed E-state index contributed by atoms with van der Waals surface area (Å²) in [4.78, 5) is 50.3. The predicted octanol–water partition coefficient (Wildman–Crippen LogP) is 11.8. The summed E-state index contributed by atoms with van der Waals surface area (Å²) < 4.78 is 10.7. The zero-order valence-corrected chi connectivity index (χ0v) is 33.9. The van der Waals surface area contributed by atoms with Gasteiger partial charge in [0.1, 0.15) is 13.2 Å². The van der Waals surface area contributed by atoms with Crippen LogP contribution in [0.5, 0.6) is 0 Å². The number of allylic oxidation sites excluding steroid dienone is 9. The molecule has 0 saturated carbocycles. The zero-order chi connectivity index (χ0) is 42.1. The summed E-state index contributed by atoms with van der Waals surface area (Å²) in [5.74, 6) is -0.963. The third-order valence-electron chi connectivity index (χ3n) is 9.57. The van der Waals surface area contributed by atoms with Crippen molar-refractivity contribution in [1.29, 1.82) is 0 Å². The number of carbonyl (C=O) groups is 4. The minimum atomic E-state index is -0.335. The van der Waals surface area contributed by atoms with E-state index in [9.17, 15) is 19.2 Å². The molecule has 0 amide bonds. The molecule has 4 aromatic carbocycles. The van der Waals surface area contributed by atoms with Crippen LogP contribution in [-0.4, -0.2) is 36.7 Å². The molecule has 0 radical (unpaired) electrons. The van der Waals surface area contributed by atoms with Gasteiger partial charge in [-0.1, -0.05) is 183 Å². The first-order valence-corrected chi connectivity index (χ1v) is 20.0. The van der Waals surface area contributed by atoms with Crippen LogP contribution in [0.25, 0.3) is 6.08 Å². The molecule has 5 rings (SSSR count). The second-order valence-electron chi connectivity index (χ2n) is 14.1. The van der Waals surface area contributed by atoms with Crippen LogP contribution in [0.4, 0.5) is 0 Å². The molecule has 0 saturated heterocycles.